The van der Waals surface area contributed by atoms with Gasteiger partial charge in [-0.2, -0.15) is 0 Å². The molecule has 7 nitrogen and oxygen atoms in total. The van der Waals surface area contributed by atoms with Gasteiger partial charge in [0, 0.05) is 5.41 Å². The van der Waals surface area contributed by atoms with Crippen molar-refractivity contribution < 1.29 is 17.9 Å². The minimum absolute atomic E-state index is 0.0676. The molecule has 11 heteroatoms. The number of aromatic nitrogens is 2. The number of alkyl halides is 1. The van der Waals surface area contributed by atoms with Crippen molar-refractivity contribution in [1.29, 1.82) is 0 Å². The van der Waals surface area contributed by atoms with E-state index in [1.54, 1.807) is 0 Å². The largest absolute Gasteiger partial charge is 0.489 e. The van der Waals surface area contributed by atoms with Gasteiger partial charge in [0.1, 0.15) is 31.0 Å². The van der Waals surface area contributed by atoms with Crippen LogP contribution in [0.3, 0.4) is 0 Å². The molecular weight excluding hydrogens is 521 g/mol. The van der Waals surface area contributed by atoms with Gasteiger partial charge in [-0.05, 0) is 35.4 Å². The first-order valence-electron chi connectivity index (χ1n) is 10.2. The van der Waals surface area contributed by atoms with Gasteiger partial charge in [0.25, 0.3) is 0 Å². The number of hydrogen-bond acceptors (Lipinski definition) is 6. The van der Waals surface area contributed by atoms with Crippen LogP contribution in [0, 0.1) is 0 Å². The van der Waals surface area contributed by atoms with Gasteiger partial charge in [-0.25, -0.2) is 18.4 Å². The molecule has 0 unspecified atom stereocenters. The highest BCUT2D eigenvalue weighted by Crippen LogP contribution is 2.40. The maximum absolute atomic E-state index is 11.5. The molecule has 0 fully saturated rings. The molecule has 0 bridgehead atoms. The van der Waals surface area contributed by atoms with Crippen molar-refractivity contribution in [2.45, 2.75) is 25.9 Å². The second-order valence-corrected chi connectivity index (χ2v) is 10.9. The van der Waals surface area contributed by atoms with E-state index in [-0.39, 0.29) is 12.3 Å². The van der Waals surface area contributed by atoms with Crippen LogP contribution >= 0.6 is 34.8 Å². The van der Waals surface area contributed by atoms with Crippen LogP contribution in [0.1, 0.15) is 30.7 Å². The SMILES string of the molecule is CC(C)(c1ccc(OCc2ncncc2NS(C)(=O)=O)cc1)c1cc(Cl)c(OCCCl)c(Cl)c1. The van der Waals surface area contributed by atoms with Gasteiger partial charge in [0.05, 0.1) is 34.1 Å². The average Bonchev–Trinajstić information content (AvgIpc) is 2.77. The molecule has 0 aliphatic heterocycles. The molecule has 0 amide bonds. The summed E-state index contributed by atoms with van der Waals surface area (Å²) in [7, 11) is -3.46. The third kappa shape index (κ3) is 6.66. The lowest BCUT2D eigenvalue weighted by molar-refractivity contribution is 0.301. The Morgan fingerprint density at radius 2 is 1.68 bits per heavy atom. The summed E-state index contributed by atoms with van der Waals surface area (Å²) in [6.45, 7) is 4.51. The maximum Gasteiger partial charge on any atom is 0.229 e. The standard InChI is InChI=1S/C23H24Cl3N3O4S/c1-23(2,16-10-18(25)22(19(26)11-16)32-9-8-24)15-4-6-17(7-5-15)33-13-21-20(12-27-14-28-21)29-34(3,30)31/h4-7,10-12,14,29H,8-9,13H2,1-3H3. The van der Waals surface area contributed by atoms with E-state index in [0.717, 1.165) is 17.4 Å². The molecule has 0 radical (unpaired) electrons. The number of sulfonamides is 1. The molecule has 3 rings (SSSR count). The Balaban J connectivity index is 1.76. The number of hydrogen-bond donors (Lipinski definition) is 1. The number of nitrogens with one attached hydrogen (secondary N) is 1. The van der Waals surface area contributed by atoms with Gasteiger partial charge in [-0.3, -0.25) is 4.72 Å². The minimum Gasteiger partial charge on any atom is -0.489 e. The summed E-state index contributed by atoms with van der Waals surface area (Å²) in [5.41, 5.74) is 2.23. The zero-order valence-electron chi connectivity index (χ0n) is 18.8. The monoisotopic (exact) mass is 543 g/mol. The van der Waals surface area contributed by atoms with Crippen molar-refractivity contribution in [1.82, 2.24) is 9.97 Å². The van der Waals surface area contributed by atoms with Crippen LogP contribution in [0.4, 0.5) is 5.69 Å². The topological polar surface area (TPSA) is 90.4 Å². The van der Waals surface area contributed by atoms with Crippen LogP contribution in [0.15, 0.2) is 48.9 Å². The molecule has 34 heavy (non-hydrogen) atoms. The number of benzene rings is 2. The van der Waals surface area contributed by atoms with Crippen LogP contribution in [-0.2, 0) is 22.0 Å². The number of nitrogens with zero attached hydrogens (tertiary/aromatic N) is 2. The summed E-state index contributed by atoms with van der Waals surface area (Å²) in [5.74, 6) is 1.35. The fraction of sp³-hybridized carbons (Fsp3) is 0.304. The Labute approximate surface area is 214 Å². The molecular formula is C23H24Cl3N3O4S. The Bertz CT molecular complexity index is 1230. The zero-order valence-corrected chi connectivity index (χ0v) is 21.9. The Hall–Kier alpha value is -2.26. The molecule has 3 aromatic rings. The van der Waals surface area contributed by atoms with E-state index >= 15 is 0 Å². The van der Waals surface area contributed by atoms with Crippen molar-refractivity contribution in [3.05, 3.63) is 75.8 Å². The van der Waals surface area contributed by atoms with Crippen molar-refractivity contribution in [2.24, 2.45) is 0 Å². The molecule has 1 aromatic heterocycles. The highest BCUT2D eigenvalue weighted by Gasteiger charge is 2.25. The first-order chi connectivity index (χ1) is 16.0. The highest BCUT2D eigenvalue weighted by molar-refractivity contribution is 7.92. The van der Waals surface area contributed by atoms with Crippen molar-refractivity contribution >= 4 is 50.5 Å². The van der Waals surface area contributed by atoms with E-state index in [2.05, 4.69) is 28.5 Å². The summed E-state index contributed by atoms with van der Waals surface area (Å²) in [5, 5.41) is 0.841. The molecule has 0 saturated heterocycles. The van der Waals surface area contributed by atoms with Crippen LogP contribution in [0.25, 0.3) is 0 Å². The van der Waals surface area contributed by atoms with Gasteiger partial charge in [0.15, 0.2) is 5.75 Å². The molecule has 0 aliphatic carbocycles. The molecule has 182 valence electrons. The summed E-state index contributed by atoms with van der Waals surface area (Å²) in [4.78, 5) is 7.97. The smallest absolute Gasteiger partial charge is 0.229 e. The predicted octanol–water partition coefficient (Wildman–Crippen LogP) is 5.68. The summed E-state index contributed by atoms with van der Waals surface area (Å²) in [6.07, 6.45) is 3.78. The Morgan fingerprint density at radius 1 is 1.03 bits per heavy atom. The van der Waals surface area contributed by atoms with E-state index in [4.69, 9.17) is 44.3 Å². The van der Waals surface area contributed by atoms with E-state index in [1.165, 1.54) is 12.5 Å². The first-order valence-corrected chi connectivity index (χ1v) is 13.4. The second kappa shape index (κ2) is 11.0. The van der Waals surface area contributed by atoms with Crippen molar-refractivity contribution in [3.63, 3.8) is 0 Å². The Kier molecular flexibility index (Phi) is 8.52. The molecule has 0 spiro atoms. The lowest BCUT2D eigenvalue weighted by Crippen LogP contribution is -2.19. The second-order valence-electron chi connectivity index (χ2n) is 8.00. The molecule has 0 aliphatic rings. The third-order valence-electron chi connectivity index (χ3n) is 5.09. The predicted molar refractivity (Wildman–Crippen MR) is 136 cm³/mol. The van der Waals surface area contributed by atoms with E-state index in [9.17, 15) is 8.42 Å². The van der Waals surface area contributed by atoms with Gasteiger partial charge in [0.2, 0.25) is 10.0 Å². The van der Waals surface area contributed by atoms with E-state index < -0.39 is 15.4 Å². The minimum atomic E-state index is -3.46. The molecule has 1 heterocycles. The summed E-state index contributed by atoms with van der Waals surface area (Å²) in [6, 6.07) is 11.3. The van der Waals surface area contributed by atoms with Gasteiger partial charge < -0.3 is 9.47 Å². The van der Waals surface area contributed by atoms with Crippen LogP contribution in [-0.4, -0.2) is 37.1 Å². The van der Waals surface area contributed by atoms with Crippen LogP contribution in [0.5, 0.6) is 11.5 Å². The fourth-order valence-corrected chi connectivity index (χ4v) is 4.48. The molecule has 0 saturated carbocycles. The van der Waals surface area contributed by atoms with Gasteiger partial charge in [-0.15, -0.1) is 11.6 Å². The highest BCUT2D eigenvalue weighted by atomic mass is 35.5. The zero-order chi connectivity index (χ0) is 24.9. The molecule has 0 atom stereocenters. The van der Waals surface area contributed by atoms with Gasteiger partial charge in [-0.1, -0.05) is 49.2 Å². The lowest BCUT2D eigenvalue weighted by atomic mass is 9.78. The number of rotatable bonds is 10. The summed E-state index contributed by atoms with van der Waals surface area (Å²) >= 11 is 18.5. The number of ether oxygens (including phenoxy) is 2. The maximum atomic E-state index is 11.5. The van der Waals surface area contributed by atoms with Crippen LogP contribution < -0.4 is 14.2 Å². The number of anilines is 1. The Morgan fingerprint density at radius 3 is 2.26 bits per heavy atom. The third-order valence-corrected chi connectivity index (χ3v) is 6.39. The quantitative estimate of drug-likeness (QED) is 0.330. The van der Waals surface area contributed by atoms with Gasteiger partial charge >= 0.3 is 0 Å². The van der Waals surface area contributed by atoms with E-state index in [0.29, 0.717) is 39.7 Å². The van der Waals surface area contributed by atoms with Crippen molar-refractivity contribution in [2.75, 3.05) is 23.5 Å². The fourth-order valence-electron chi connectivity index (χ4n) is 3.24. The number of halogens is 3. The molecule has 2 aromatic carbocycles. The summed E-state index contributed by atoms with van der Waals surface area (Å²) < 4.78 is 36.8. The molecule has 1 N–H and O–H groups in total. The average molecular weight is 545 g/mol. The van der Waals surface area contributed by atoms with Crippen LogP contribution in [0.2, 0.25) is 10.0 Å². The first kappa shape index (κ1) is 26.3. The van der Waals surface area contributed by atoms with E-state index in [1.807, 2.05) is 36.4 Å². The lowest BCUT2D eigenvalue weighted by Gasteiger charge is -2.27. The normalized spacial score (nSPS) is 11.8. The van der Waals surface area contributed by atoms with Crippen molar-refractivity contribution in [3.8, 4) is 11.5 Å².